The van der Waals surface area contributed by atoms with Crippen molar-refractivity contribution < 1.29 is 31.9 Å². The number of hydrogen-bond acceptors (Lipinski definition) is 6. The van der Waals surface area contributed by atoms with Crippen LogP contribution in [0.15, 0.2) is 23.4 Å². The molecule has 0 saturated carbocycles. The molecule has 2 saturated heterocycles. The van der Waals surface area contributed by atoms with Gasteiger partial charge in [0.1, 0.15) is 11.3 Å². The molecule has 4 aliphatic rings. The normalized spacial score (nSPS) is 25.2. The summed E-state index contributed by atoms with van der Waals surface area (Å²) in [5.41, 5.74) is -2.90. The molecule has 4 aliphatic heterocycles. The zero-order chi connectivity index (χ0) is 24.8. The number of benzene rings is 1. The van der Waals surface area contributed by atoms with E-state index >= 15 is 0 Å². The van der Waals surface area contributed by atoms with Gasteiger partial charge in [-0.3, -0.25) is 4.79 Å². The molecule has 1 aromatic carbocycles. The molecule has 0 N–H and O–H groups in total. The highest BCUT2D eigenvalue weighted by Crippen LogP contribution is 2.52. The van der Waals surface area contributed by atoms with Crippen molar-refractivity contribution in [3.05, 3.63) is 54.9 Å². The van der Waals surface area contributed by atoms with E-state index in [2.05, 4.69) is 5.16 Å². The third-order valence-electron chi connectivity index (χ3n) is 6.84. The van der Waals surface area contributed by atoms with E-state index in [1.807, 2.05) is 0 Å². The summed E-state index contributed by atoms with van der Waals surface area (Å²) in [6, 6.07) is 3.50. The lowest BCUT2D eigenvalue weighted by molar-refractivity contribution is -0.275. The fourth-order valence-corrected chi connectivity index (χ4v) is 7.28. The number of rotatable bonds is 3. The lowest BCUT2D eigenvalue weighted by Gasteiger charge is -2.48. The van der Waals surface area contributed by atoms with Gasteiger partial charge in [0.05, 0.1) is 47.0 Å². The summed E-state index contributed by atoms with van der Waals surface area (Å²) in [5, 5.41) is 2.72. The number of fused-ring (bicyclic) bond motifs is 2. The van der Waals surface area contributed by atoms with E-state index in [9.17, 15) is 22.4 Å². The van der Waals surface area contributed by atoms with Crippen LogP contribution in [0.2, 0.25) is 10.0 Å². The van der Waals surface area contributed by atoms with Crippen LogP contribution in [0.1, 0.15) is 27.3 Å². The van der Waals surface area contributed by atoms with Crippen molar-refractivity contribution in [2.45, 2.75) is 30.4 Å². The SMILES string of the molecule is O=C(C1CSC1)N1CC2(C1)OCc1cc(C3=NOC(c4cc(Cl)c(F)c(Cl)c4)(C(F)(F)F)C3)sc12. The minimum atomic E-state index is -4.87. The summed E-state index contributed by atoms with van der Waals surface area (Å²) >= 11 is 14.6. The van der Waals surface area contributed by atoms with Gasteiger partial charge < -0.3 is 14.5 Å². The summed E-state index contributed by atoms with van der Waals surface area (Å²) in [5.74, 6) is 0.859. The number of likely N-dealkylation sites (tertiary alicyclic amines) is 1. The molecule has 1 amide bonds. The molecule has 6 rings (SSSR count). The van der Waals surface area contributed by atoms with Gasteiger partial charge in [-0.15, -0.1) is 11.3 Å². The highest BCUT2D eigenvalue weighted by molar-refractivity contribution is 8.00. The highest BCUT2D eigenvalue weighted by atomic mass is 35.5. The van der Waals surface area contributed by atoms with Crippen molar-refractivity contribution in [2.75, 3.05) is 24.6 Å². The van der Waals surface area contributed by atoms with E-state index in [1.165, 1.54) is 11.3 Å². The summed E-state index contributed by atoms with van der Waals surface area (Å²) < 4.78 is 62.7. The van der Waals surface area contributed by atoms with Gasteiger partial charge in [0.25, 0.3) is 5.60 Å². The van der Waals surface area contributed by atoms with Crippen molar-refractivity contribution in [1.29, 1.82) is 0 Å². The average molecular weight is 567 g/mol. The zero-order valence-electron chi connectivity index (χ0n) is 17.8. The Kier molecular flexibility index (Phi) is 5.44. The number of carbonyl (C=O) groups excluding carboxylic acids is 1. The molecule has 35 heavy (non-hydrogen) atoms. The lowest BCUT2D eigenvalue weighted by atomic mass is 9.87. The molecule has 1 atom stereocenters. The second-order valence-electron chi connectivity index (χ2n) is 9.06. The topological polar surface area (TPSA) is 51.1 Å². The Hall–Kier alpha value is -1.53. The third-order valence-corrected chi connectivity index (χ3v) is 10.1. The van der Waals surface area contributed by atoms with Gasteiger partial charge in [-0.05, 0) is 23.8 Å². The molecule has 2 fully saturated rings. The Balaban J connectivity index is 1.26. The summed E-state index contributed by atoms with van der Waals surface area (Å²) in [7, 11) is 0. The Morgan fingerprint density at radius 2 is 1.86 bits per heavy atom. The predicted octanol–water partition coefficient (Wildman–Crippen LogP) is 5.71. The first kappa shape index (κ1) is 23.8. The molecule has 2 aromatic rings. The number of amides is 1. The molecule has 0 radical (unpaired) electrons. The van der Waals surface area contributed by atoms with Crippen LogP contribution in [0.4, 0.5) is 17.6 Å². The van der Waals surface area contributed by atoms with E-state index in [0.29, 0.717) is 24.6 Å². The number of thioether (sulfide) groups is 1. The Labute approximate surface area is 215 Å². The molecule has 13 heteroatoms. The standard InChI is InChI=1S/C22H16Cl2F4N2O3S2/c23-13-2-12(3-14(24)17(13)25)21(22(26,27)28)4-15(29-33-21)16-1-10-5-32-20(18(10)35-16)8-30(9-20)19(31)11-6-34-7-11/h1-3,11H,4-9H2. The van der Waals surface area contributed by atoms with Gasteiger partial charge >= 0.3 is 6.18 Å². The lowest BCUT2D eigenvalue weighted by Crippen LogP contribution is -2.63. The molecule has 5 nitrogen and oxygen atoms in total. The summed E-state index contributed by atoms with van der Waals surface area (Å²) in [4.78, 5) is 20.8. The molecule has 1 spiro atoms. The molecular weight excluding hydrogens is 551 g/mol. The number of nitrogens with zero attached hydrogens (tertiary/aromatic N) is 2. The maximum absolute atomic E-state index is 14.3. The number of hydrogen-bond donors (Lipinski definition) is 0. The number of oxime groups is 1. The second-order valence-corrected chi connectivity index (χ2v) is 12.0. The maximum Gasteiger partial charge on any atom is 0.435 e. The van der Waals surface area contributed by atoms with Crippen LogP contribution in [0.5, 0.6) is 0 Å². The minimum absolute atomic E-state index is 0.0612. The predicted molar refractivity (Wildman–Crippen MR) is 125 cm³/mol. The zero-order valence-corrected chi connectivity index (χ0v) is 20.9. The molecule has 0 aliphatic carbocycles. The Morgan fingerprint density at radius 1 is 1.17 bits per heavy atom. The number of halogens is 6. The van der Waals surface area contributed by atoms with E-state index in [1.54, 1.807) is 22.7 Å². The van der Waals surface area contributed by atoms with Gasteiger partial charge in [0, 0.05) is 21.9 Å². The smallest absolute Gasteiger partial charge is 0.374 e. The molecule has 186 valence electrons. The van der Waals surface area contributed by atoms with E-state index in [-0.39, 0.29) is 17.5 Å². The van der Waals surface area contributed by atoms with E-state index in [4.69, 9.17) is 32.8 Å². The van der Waals surface area contributed by atoms with E-state index < -0.39 is 45.2 Å². The molecule has 1 aromatic heterocycles. The van der Waals surface area contributed by atoms with Crippen LogP contribution < -0.4 is 0 Å². The van der Waals surface area contributed by atoms with Crippen LogP contribution in [0, 0.1) is 11.7 Å². The largest absolute Gasteiger partial charge is 0.435 e. The first-order chi connectivity index (χ1) is 16.5. The van der Waals surface area contributed by atoms with Gasteiger partial charge in [-0.1, -0.05) is 28.4 Å². The van der Waals surface area contributed by atoms with Crippen molar-refractivity contribution in [1.82, 2.24) is 4.90 Å². The van der Waals surface area contributed by atoms with Crippen molar-refractivity contribution in [3.63, 3.8) is 0 Å². The molecular formula is C22H16Cl2F4N2O3S2. The third kappa shape index (κ3) is 3.53. The van der Waals surface area contributed by atoms with Gasteiger partial charge in [-0.2, -0.15) is 24.9 Å². The van der Waals surface area contributed by atoms with E-state index in [0.717, 1.165) is 34.1 Å². The fraction of sp³-hybridized carbons (Fsp3) is 0.455. The minimum Gasteiger partial charge on any atom is -0.374 e. The molecule has 0 bridgehead atoms. The number of carbonyl (C=O) groups is 1. The van der Waals surface area contributed by atoms with Crippen molar-refractivity contribution >= 4 is 57.9 Å². The Morgan fingerprint density at radius 3 is 2.46 bits per heavy atom. The highest BCUT2D eigenvalue weighted by Gasteiger charge is 2.63. The number of thiophene rings is 1. The second kappa shape index (κ2) is 7.98. The number of ether oxygens (including phenoxy) is 1. The first-order valence-corrected chi connectivity index (χ1v) is 13.4. The van der Waals surface area contributed by atoms with Crippen molar-refractivity contribution in [2.24, 2.45) is 11.1 Å². The van der Waals surface area contributed by atoms with Crippen LogP contribution in [-0.2, 0) is 32.2 Å². The van der Waals surface area contributed by atoms with Crippen molar-refractivity contribution in [3.8, 4) is 0 Å². The van der Waals surface area contributed by atoms with Gasteiger partial charge in [0.2, 0.25) is 5.91 Å². The van der Waals surface area contributed by atoms with Gasteiger partial charge in [0.15, 0.2) is 5.82 Å². The number of alkyl halides is 3. The first-order valence-electron chi connectivity index (χ1n) is 10.6. The maximum atomic E-state index is 14.3. The average Bonchev–Trinajstić information content (AvgIpc) is 3.41. The Bertz CT molecular complexity index is 1250. The molecule has 5 heterocycles. The van der Waals surface area contributed by atoms with Crippen LogP contribution in [-0.4, -0.2) is 47.3 Å². The van der Waals surface area contributed by atoms with Gasteiger partial charge in [-0.25, -0.2) is 4.39 Å². The summed E-state index contributed by atoms with van der Waals surface area (Å²) in [6.07, 6.45) is -5.49. The monoisotopic (exact) mass is 566 g/mol. The summed E-state index contributed by atoms with van der Waals surface area (Å²) in [6.45, 7) is 1.18. The van der Waals surface area contributed by atoms with Crippen LogP contribution in [0.3, 0.4) is 0 Å². The quantitative estimate of drug-likeness (QED) is 0.353. The molecule has 1 unspecified atom stereocenters. The van der Waals surface area contributed by atoms with Crippen LogP contribution in [0.25, 0.3) is 0 Å². The fourth-order valence-electron chi connectivity index (χ4n) is 4.77. The van der Waals surface area contributed by atoms with Crippen LogP contribution >= 0.6 is 46.3 Å².